The third-order valence-electron chi connectivity index (χ3n) is 2.85. The quantitative estimate of drug-likeness (QED) is 0.809. The van der Waals surface area contributed by atoms with Crippen molar-refractivity contribution in [2.75, 3.05) is 23.9 Å². The number of hydrogen-bond acceptors (Lipinski definition) is 5. The van der Waals surface area contributed by atoms with Crippen LogP contribution in [0.25, 0.3) is 0 Å². The summed E-state index contributed by atoms with van der Waals surface area (Å²) in [4.78, 5) is 15.9. The molecule has 0 bridgehead atoms. The van der Waals surface area contributed by atoms with Gasteiger partial charge in [-0.1, -0.05) is 0 Å². The second kappa shape index (κ2) is 4.93. The number of aromatic nitrogens is 1. The number of pyridine rings is 1. The van der Waals surface area contributed by atoms with Gasteiger partial charge in [0.2, 0.25) is 0 Å². The van der Waals surface area contributed by atoms with Gasteiger partial charge in [-0.3, -0.25) is 4.79 Å². The molecule has 2 N–H and O–H groups in total. The molecule has 18 heavy (non-hydrogen) atoms. The van der Waals surface area contributed by atoms with Crippen LogP contribution in [0.2, 0.25) is 0 Å². The minimum Gasteiger partial charge on any atom is -0.373 e. The molecule has 0 spiro atoms. The van der Waals surface area contributed by atoms with E-state index in [4.69, 9.17) is 0 Å². The number of rotatable bonds is 3. The van der Waals surface area contributed by atoms with Crippen molar-refractivity contribution >= 4 is 21.6 Å². The Morgan fingerprint density at radius 3 is 2.72 bits per heavy atom. The van der Waals surface area contributed by atoms with Crippen LogP contribution in [0.1, 0.15) is 16.8 Å². The second-order valence-electron chi connectivity index (χ2n) is 4.26. The maximum absolute atomic E-state index is 11.8. The van der Waals surface area contributed by atoms with E-state index in [1.54, 1.807) is 19.2 Å². The molecule has 0 aromatic carbocycles. The molecule has 1 atom stereocenters. The van der Waals surface area contributed by atoms with Crippen LogP contribution in [0.15, 0.2) is 18.3 Å². The fraction of sp³-hybridized carbons (Fsp3) is 0.455. The normalized spacial score (nSPS) is 21.5. The lowest BCUT2D eigenvalue weighted by atomic mass is 10.2. The van der Waals surface area contributed by atoms with Gasteiger partial charge in [0.05, 0.1) is 17.1 Å². The van der Waals surface area contributed by atoms with Crippen LogP contribution in [0.5, 0.6) is 0 Å². The first-order valence-electron chi connectivity index (χ1n) is 5.65. The molecule has 0 radical (unpaired) electrons. The third-order valence-corrected chi connectivity index (χ3v) is 4.62. The van der Waals surface area contributed by atoms with Crippen LogP contribution in [0.4, 0.5) is 5.82 Å². The number of nitrogens with one attached hydrogen (secondary N) is 2. The average molecular weight is 269 g/mol. The van der Waals surface area contributed by atoms with Crippen molar-refractivity contribution < 1.29 is 13.2 Å². The van der Waals surface area contributed by atoms with Crippen molar-refractivity contribution in [3.8, 4) is 0 Å². The van der Waals surface area contributed by atoms with Gasteiger partial charge in [0.1, 0.15) is 5.82 Å². The highest BCUT2D eigenvalue weighted by Crippen LogP contribution is 2.12. The summed E-state index contributed by atoms with van der Waals surface area (Å²) in [6.45, 7) is 0. The van der Waals surface area contributed by atoms with Crippen molar-refractivity contribution in [2.24, 2.45) is 0 Å². The van der Waals surface area contributed by atoms with E-state index in [1.165, 1.54) is 6.20 Å². The lowest BCUT2D eigenvalue weighted by molar-refractivity contribution is 0.0941. The van der Waals surface area contributed by atoms with Crippen molar-refractivity contribution in [3.05, 3.63) is 23.9 Å². The van der Waals surface area contributed by atoms with Crippen molar-refractivity contribution in [3.63, 3.8) is 0 Å². The fourth-order valence-electron chi connectivity index (χ4n) is 1.85. The fourth-order valence-corrected chi connectivity index (χ4v) is 3.53. The Labute approximate surface area is 106 Å². The molecule has 1 aliphatic rings. The highest BCUT2D eigenvalue weighted by atomic mass is 32.2. The molecule has 7 heteroatoms. The van der Waals surface area contributed by atoms with Crippen molar-refractivity contribution in [1.29, 1.82) is 0 Å². The first kappa shape index (κ1) is 12.8. The van der Waals surface area contributed by atoms with Crippen LogP contribution in [0, 0.1) is 0 Å². The topological polar surface area (TPSA) is 88.2 Å². The van der Waals surface area contributed by atoms with Gasteiger partial charge in [0, 0.05) is 19.3 Å². The van der Waals surface area contributed by atoms with Crippen LogP contribution in [-0.2, 0) is 9.84 Å². The van der Waals surface area contributed by atoms with Gasteiger partial charge in [0.25, 0.3) is 5.91 Å². The van der Waals surface area contributed by atoms with Gasteiger partial charge in [-0.15, -0.1) is 0 Å². The van der Waals surface area contributed by atoms with E-state index in [1.807, 2.05) is 0 Å². The van der Waals surface area contributed by atoms with E-state index < -0.39 is 9.84 Å². The highest BCUT2D eigenvalue weighted by Gasteiger charge is 2.29. The molecule has 1 aliphatic heterocycles. The van der Waals surface area contributed by atoms with Crippen LogP contribution in [0.3, 0.4) is 0 Å². The van der Waals surface area contributed by atoms with E-state index in [2.05, 4.69) is 15.6 Å². The molecule has 0 aliphatic carbocycles. The summed E-state index contributed by atoms with van der Waals surface area (Å²) in [5.74, 6) is 0.567. The molecule has 1 saturated heterocycles. The van der Waals surface area contributed by atoms with Crippen LogP contribution >= 0.6 is 0 Å². The molecular formula is C11H15N3O3S. The summed E-state index contributed by atoms with van der Waals surface area (Å²) in [6.07, 6.45) is 1.95. The van der Waals surface area contributed by atoms with Crippen molar-refractivity contribution in [2.45, 2.75) is 12.5 Å². The number of amides is 1. The zero-order valence-electron chi connectivity index (χ0n) is 10.0. The lowest BCUT2D eigenvalue weighted by Gasteiger charge is -2.10. The Morgan fingerprint density at radius 2 is 2.22 bits per heavy atom. The number of anilines is 1. The molecule has 1 aromatic rings. The van der Waals surface area contributed by atoms with Crippen LogP contribution < -0.4 is 10.6 Å². The van der Waals surface area contributed by atoms with Crippen LogP contribution in [-0.4, -0.2) is 43.9 Å². The van der Waals surface area contributed by atoms with E-state index in [-0.39, 0.29) is 23.5 Å². The Bertz CT molecular complexity index is 539. The Balaban J connectivity index is 1.99. The summed E-state index contributed by atoms with van der Waals surface area (Å²) in [7, 11) is -1.23. The van der Waals surface area contributed by atoms with Crippen molar-refractivity contribution in [1.82, 2.24) is 10.3 Å². The Kier molecular flexibility index (Phi) is 3.51. The first-order valence-corrected chi connectivity index (χ1v) is 7.47. The van der Waals surface area contributed by atoms with Gasteiger partial charge >= 0.3 is 0 Å². The summed E-state index contributed by atoms with van der Waals surface area (Å²) in [5, 5.41) is 5.56. The molecule has 1 unspecified atom stereocenters. The minimum absolute atomic E-state index is 0.0285. The summed E-state index contributed by atoms with van der Waals surface area (Å²) < 4.78 is 22.5. The van der Waals surface area contributed by atoms with Gasteiger partial charge < -0.3 is 10.6 Å². The molecule has 2 heterocycles. The SMILES string of the molecule is CNc1ccc(C(=O)NC2CCS(=O)(=O)C2)cn1. The predicted octanol–water partition coefficient (Wildman–Crippen LogP) is 0.0402. The highest BCUT2D eigenvalue weighted by molar-refractivity contribution is 7.91. The zero-order valence-corrected chi connectivity index (χ0v) is 10.8. The third kappa shape index (κ3) is 2.98. The predicted molar refractivity (Wildman–Crippen MR) is 68.3 cm³/mol. The molecule has 1 amide bonds. The number of hydrogen-bond donors (Lipinski definition) is 2. The molecule has 0 saturated carbocycles. The van der Waals surface area contributed by atoms with E-state index in [9.17, 15) is 13.2 Å². The zero-order chi connectivity index (χ0) is 13.2. The smallest absolute Gasteiger partial charge is 0.253 e. The number of sulfone groups is 1. The van der Waals surface area contributed by atoms with Gasteiger partial charge in [-0.25, -0.2) is 13.4 Å². The second-order valence-corrected chi connectivity index (χ2v) is 6.48. The number of carbonyl (C=O) groups excluding carboxylic acids is 1. The van der Waals surface area contributed by atoms with E-state index >= 15 is 0 Å². The molecule has 98 valence electrons. The maximum Gasteiger partial charge on any atom is 0.253 e. The summed E-state index contributed by atoms with van der Waals surface area (Å²) in [6, 6.07) is 3.06. The number of nitrogens with zero attached hydrogens (tertiary/aromatic N) is 1. The molecule has 6 nitrogen and oxygen atoms in total. The molecular weight excluding hydrogens is 254 g/mol. The maximum atomic E-state index is 11.8. The standard InChI is InChI=1S/C11H15N3O3S/c1-12-10-3-2-8(6-13-10)11(15)14-9-4-5-18(16,17)7-9/h2-3,6,9H,4-5,7H2,1H3,(H,12,13)(H,14,15). The first-order chi connectivity index (χ1) is 8.50. The monoisotopic (exact) mass is 269 g/mol. The molecule has 1 fully saturated rings. The summed E-state index contributed by atoms with van der Waals surface area (Å²) >= 11 is 0. The largest absolute Gasteiger partial charge is 0.373 e. The Morgan fingerprint density at radius 1 is 1.44 bits per heavy atom. The Hall–Kier alpha value is -1.63. The lowest BCUT2D eigenvalue weighted by Crippen LogP contribution is -2.35. The van der Waals surface area contributed by atoms with Gasteiger partial charge in [-0.2, -0.15) is 0 Å². The average Bonchev–Trinajstić information content (AvgIpc) is 2.68. The van der Waals surface area contributed by atoms with Gasteiger partial charge in [-0.05, 0) is 18.6 Å². The van der Waals surface area contributed by atoms with Gasteiger partial charge in [0.15, 0.2) is 9.84 Å². The molecule has 1 aromatic heterocycles. The summed E-state index contributed by atoms with van der Waals surface area (Å²) in [5.41, 5.74) is 0.429. The minimum atomic E-state index is -2.97. The number of carbonyl (C=O) groups is 1. The van der Waals surface area contributed by atoms with E-state index in [0.29, 0.717) is 17.8 Å². The van der Waals surface area contributed by atoms with E-state index in [0.717, 1.165) is 0 Å². The molecule has 2 rings (SSSR count).